The molecule has 5 nitrogen and oxygen atoms in total. The van der Waals surface area contributed by atoms with Crippen LogP contribution in [0.5, 0.6) is 0 Å². The predicted molar refractivity (Wildman–Crippen MR) is 102 cm³/mol. The average Bonchev–Trinajstić information content (AvgIpc) is 2.37. The fraction of sp³-hybridized carbons (Fsp3) is 0.833. The summed E-state index contributed by atoms with van der Waals surface area (Å²) in [5, 5.41) is 13.2. The Labute approximate surface area is 148 Å². The van der Waals surface area contributed by atoms with E-state index in [0.717, 1.165) is 6.42 Å². The quantitative estimate of drug-likeness (QED) is 0.527. The van der Waals surface area contributed by atoms with Crippen molar-refractivity contribution in [3.05, 3.63) is 12.2 Å². The molecule has 0 aliphatic carbocycles. The summed E-state index contributed by atoms with van der Waals surface area (Å²) >= 11 is 0. The summed E-state index contributed by atoms with van der Waals surface area (Å²) in [5.41, 5.74) is -0.584. The Bertz CT molecular complexity index is 422. The van der Waals surface area contributed by atoms with Crippen molar-refractivity contribution in [2.75, 3.05) is 6.61 Å². The number of hydrogen-bond acceptors (Lipinski definition) is 4. The van der Waals surface area contributed by atoms with Crippen molar-refractivity contribution in [1.82, 2.24) is 5.32 Å². The lowest BCUT2D eigenvalue weighted by atomic mass is 10.1. The Kier molecular flexibility index (Phi) is 8.69. The van der Waals surface area contributed by atoms with Crippen molar-refractivity contribution in [2.45, 2.75) is 90.8 Å². The van der Waals surface area contributed by atoms with Gasteiger partial charge in [0.05, 0.1) is 18.8 Å². The molecule has 0 radical (unpaired) electrons. The minimum atomic E-state index is -1.97. The molecule has 24 heavy (non-hydrogen) atoms. The Morgan fingerprint density at radius 1 is 1.21 bits per heavy atom. The van der Waals surface area contributed by atoms with Gasteiger partial charge in [-0.3, -0.25) is 0 Å². The molecule has 0 aliphatic heterocycles. The normalized spacial score (nSPS) is 16.1. The first-order valence-electron chi connectivity index (χ1n) is 8.68. The van der Waals surface area contributed by atoms with E-state index >= 15 is 0 Å². The first-order valence-corrected chi connectivity index (χ1v) is 11.6. The number of alkyl carbamates (subject to hydrolysis) is 1. The molecule has 0 bridgehead atoms. The molecule has 0 aromatic carbocycles. The van der Waals surface area contributed by atoms with E-state index in [0.29, 0.717) is 0 Å². The summed E-state index contributed by atoms with van der Waals surface area (Å²) in [6.07, 6.45) is 3.02. The second-order valence-corrected chi connectivity index (χ2v) is 13.5. The molecule has 0 unspecified atom stereocenters. The minimum Gasteiger partial charge on any atom is -0.444 e. The summed E-state index contributed by atoms with van der Waals surface area (Å²) < 4.78 is 11.5. The number of hydrogen-bond donors (Lipinski definition) is 2. The molecular weight excluding hydrogens is 322 g/mol. The standard InChI is InChI=1S/C18H37NO4Si/c1-10-11-12-15(20)14(19-16(21)23-17(2,3)4)13-22-24(8,9)18(5,6)7/h11-12,14-15,20H,10,13H2,1-9H3,(H,19,21)/t14-,15+/m0/s1. The number of ether oxygens (including phenoxy) is 1. The van der Waals surface area contributed by atoms with E-state index in [1.54, 1.807) is 26.8 Å². The van der Waals surface area contributed by atoms with Crippen molar-refractivity contribution in [3.63, 3.8) is 0 Å². The lowest BCUT2D eigenvalue weighted by molar-refractivity contribution is 0.0411. The number of aliphatic hydroxyl groups is 1. The zero-order valence-corrected chi connectivity index (χ0v) is 17.9. The van der Waals surface area contributed by atoms with Crippen LogP contribution in [0.4, 0.5) is 4.79 Å². The highest BCUT2D eigenvalue weighted by molar-refractivity contribution is 6.74. The van der Waals surface area contributed by atoms with Gasteiger partial charge in [0.2, 0.25) is 0 Å². The number of rotatable bonds is 7. The van der Waals surface area contributed by atoms with Crippen LogP contribution in [0, 0.1) is 0 Å². The zero-order chi connectivity index (χ0) is 19.2. The third-order valence-electron chi connectivity index (χ3n) is 4.11. The van der Waals surface area contributed by atoms with Gasteiger partial charge < -0.3 is 19.6 Å². The SMILES string of the molecule is CCC=C[C@@H](O)[C@H](CO[Si](C)(C)C(C)(C)C)NC(=O)OC(C)(C)C. The van der Waals surface area contributed by atoms with Gasteiger partial charge in [0.15, 0.2) is 8.32 Å². The van der Waals surface area contributed by atoms with E-state index in [1.807, 2.05) is 13.0 Å². The van der Waals surface area contributed by atoms with Crippen LogP contribution >= 0.6 is 0 Å². The van der Waals surface area contributed by atoms with E-state index in [2.05, 4.69) is 39.2 Å². The predicted octanol–water partition coefficient (Wildman–Crippen LogP) is 4.23. The second-order valence-electron chi connectivity index (χ2n) is 8.65. The van der Waals surface area contributed by atoms with Gasteiger partial charge in [-0.05, 0) is 45.3 Å². The highest BCUT2D eigenvalue weighted by Crippen LogP contribution is 2.36. The molecule has 0 rings (SSSR count). The highest BCUT2D eigenvalue weighted by atomic mass is 28.4. The molecule has 1 amide bonds. The fourth-order valence-electron chi connectivity index (χ4n) is 1.61. The maximum atomic E-state index is 12.1. The van der Waals surface area contributed by atoms with Gasteiger partial charge >= 0.3 is 6.09 Å². The van der Waals surface area contributed by atoms with Crippen molar-refractivity contribution < 1.29 is 19.1 Å². The van der Waals surface area contributed by atoms with E-state index in [-0.39, 0.29) is 11.6 Å². The molecule has 0 aliphatic rings. The molecular formula is C18H37NO4Si. The second kappa shape index (κ2) is 9.01. The van der Waals surface area contributed by atoms with Crippen LogP contribution in [-0.2, 0) is 9.16 Å². The first-order chi connectivity index (χ1) is 10.7. The summed E-state index contributed by atoms with van der Waals surface area (Å²) in [7, 11) is -1.97. The Hall–Kier alpha value is -0.853. The third kappa shape index (κ3) is 8.85. The molecule has 0 heterocycles. The molecule has 2 atom stereocenters. The number of carbonyl (C=O) groups excluding carboxylic acids is 1. The maximum Gasteiger partial charge on any atom is 0.408 e. The van der Waals surface area contributed by atoms with Gasteiger partial charge in [0.25, 0.3) is 0 Å². The summed E-state index contributed by atoms with van der Waals surface area (Å²) in [5.74, 6) is 0. The topological polar surface area (TPSA) is 67.8 Å². The van der Waals surface area contributed by atoms with Gasteiger partial charge in [-0.25, -0.2) is 4.79 Å². The molecule has 0 spiro atoms. The van der Waals surface area contributed by atoms with Crippen LogP contribution in [0.25, 0.3) is 0 Å². The third-order valence-corrected chi connectivity index (χ3v) is 8.61. The van der Waals surface area contributed by atoms with Crippen LogP contribution in [0.3, 0.4) is 0 Å². The lowest BCUT2D eigenvalue weighted by Gasteiger charge is -2.37. The van der Waals surface area contributed by atoms with E-state index < -0.39 is 32.2 Å². The molecule has 0 saturated carbocycles. The number of aliphatic hydroxyl groups excluding tert-OH is 1. The monoisotopic (exact) mass is 359 g/mol. The number of carbonyl (C=O) groups is 1. The average molecular weight is 360 g/mol. The maximum absolute atomic E-state index is 12.1. The van der Waals surface area contributed by atoms with Gasteiger partial charge in [-0.1, -0.05) is 39.8 Å². The van der Waals surface area contributed by atoms with Gasteiger partial charge in [-0.2, -0.15) is 0 Å². The minimum absolute atomic E-state index is 0.0632. The number of allylic oxidation sites excluding steroid dienone is 1. The molecule has 0 aromatic rings. The summed E-state index contributed by atoms with van der Waals surface area (Å²) in [6.45, 7) is 18.4. The van der Waals surface area contributed by atoms with Crippen molar-refractivity contribution in [1.29, 1.82) is 0 Å². The van der Waals surface area contributed by atoms with E-state index in [4.69, 9.17) is 9.16 Å². The van der Waals surface area contributed by atoms with Crippen molar-refractivity contribution in [3.8, 4) is 0 Å². The molecule has 0 fully saturated rings. The highest BCUT2D eigenvalue weighted by Gasteiger charge is 2.38. The molecule has 0 aromatic heterocycles. The first kappa shape index (κ1) is 23.1. The molecule has 142 valence electrons. The number of amides is 1. The molecule has 6 heteroatoms. The van der Waals surface area contributed by atoms with Crippen molar-refractivity contribution in [2.24, 2.45) is 0 Å². The van der Waals surface area contributed by atoms with E-state index in [1.165, 1.54) is 0 Å². The number of nitrogens with one attached hydrogen (secondary N) is 1. The zero-order valence-electron chi connectivity index (χ0n) is 16.9. The summed E-state index contributed by atoms with van der Waals surface area (Å²) in [6, 6.07) is -0.545. The molecule has 2 N–H and O–H groups in total. The van der Waals surface area contributed by atoms with Crippen LogP contribution in [0.1, 0.15) is 54.9 Å². The largest absolute Gasteiger partial charge is 0.444 e. The summed E-state index contributed by atoms with van der Waals surface area (Å²) in [4.78, 5) is 12.1. The van der Waals surface area contributed by atoms with Crippen LogP contribution in [-0.4, -0.2) is 43.9 Å². The van der Waals surface area contributed by atoms with Crippen LogP contribution in [0.2, 0.25) is 18.1 Å². The fourth-order valence-corrected chi connectivity index (χ4v) is 2.64. The Balaban J connectivity index is 5.01. The van der Waals surface area contributed by atoms with E-state index in [9.17, 15) is 9.90 Å². The van der Waals surface area contributed by atoms with Crippen LogP contribution in [0.15, 0.2) is 12.2 Å². The van der Waals surface area contributed by atoms with Gasteiger partial charge in [0, 0.05) is 0 Å². The van der Waals surface area contributed by atoms with Crippen molar-refractivity contribution >= 4 is 14.4 Å². The smallest absolute Gasteiger partial charge is 0.408 e. The Morgan fingerprint density at radius 2 is 1.75 bits per heavy atom. The molecule has 0 saturated heterocycles. The van der Waals surface area contributed by atoms with Crippen LogP contribution < -0.4 is 5.32 Å². The van der Waals surface area contributed by atoms with Gasteiger partial charge in [-0.15, -0.1) is 0 Å². The lowest BCUT2D eigenvalue weighted by Crippen LogP contribution is -2.51. The Morgan fingerprint density at radius 3 is 2.17 bits per heavy atom. The van der Waals surface area contributed by atoms with Gasteiger partial charge in [0.1, 0.15) is 5.60 Å².